The van der Waals surface area contributed by atoms with E-state index in [1.54, 1.807) is 0 Å². The molecule has 0 aromatic carbocycles. The van der Waals surface area contributed by atoms with Gasteiger partial charge < -0.3 is 4.74 Å². The van der Waals surface area contributed by atoms with Crippen molar-refractivity contribution in [2.45, 2.75) is 19.2 Å². The van der Waals surface area contributed by atoms with Gasteiger partial charge in [-0.25, -0.2) is 9.37 Å². The normalized spacial score (nSPS) is 12.7. The Kier molecular flexibility index (Phi) is 4.28. The van der Waals surface area contributed by atoms with Crippen LogP contribution in [0.25, 0.3) is 0 Å². The summed E-state index contributed by atoms with van der Waals surface area (Å²) in [7, 11) is 0. The van der Waals surface area contributed by atoms with E-state index in [-0.39, 0.29) is 0 Å². The molecule has 0 bridgehead atoms. The summed E-state index contributed by atoms with van der Waals surface area (Å²) >= 11 is 1.09. The molecule has 1 aromatic rings. The number of alkyl halides is 7. The molecule has 0 amide bonds. The molecule has 10 heteroatoms. The molecule has 102 valence electrons. The molecule has 0 saturated carbocycles. The summed E-state index contributed by atoms with van der Waals surface area (Å²) in [6, 6.07) is 0. The fourth-order valence-electron chi connectivity index (χ4n) is 1.09. The van der Waals surface area contributed by atoms with Gasteiger partial charge in [0, 0.05) is 11.8 Å². The summed E-state index contributed by atoms with van der Waals surface area (Å²) < 4.78 is 88.7. The highest BCUT2D eigenvalue weighted by Crippen LogP contribution is 2.42. The van der Waals surface area contributed by atoms with Gasteiger partial charge in [0.2, 0.25) is 0 Å². The summed E-state index contributed by atoms with van der Waals surface area (Å²) in [5.74, 6) is -1.60. The molecule has 0 unspecified atom stereocenters. The Hall–Kier alpha value is -0.810. The van der Waals surface area contributed by atoms with Gasteiger partial charge in [0.1, 0.15) is 15.9 Å². The van der Waals surface area contributed by atoms with Crippen LogP contribution in [0.2, 0.25) is 0 Å². The van der Waals surface area contributed by atoms with E-state index in [0.717, 1.165) is 22.6 Å². The van der Waals surface area contributed by atoms with E-state index in [1.165, 1.54) is 0 Å². The van der Waals surface area contributed by atoms with E-state index in [0.29, 0.717) is 6.20 Å². The predicted molar refractivity (Wildman–Crippen MR) is 53.5 cm³/mol. The Labute approximate surface area is 109 Å². The minimum absolute atomic E-state index is 0.568. The second-order valence-corrected chi connectivity index (χ2v) is 3.98. The number of hydrogen-bond donors (Lipinski definition) is 0. The molecule has 1 aromatic heterocycles. The van der Waals surface area contributed by atoms with Crippen LogP contribution < -0.4 is 4.74 Å². The zero-order valence-electron chi connectivity index (χ0n) is 8.16. The van der Waals surface area contributed by atoms with E-state index in [2.05, 4.69) is 9.72 Å². The van der Waals surface area contributed by atoms with Gasteiger partial charge in [-0.1, -0.05) is 0 Å². The van der Waals surface area contributed by atoms with Crippen LogP contribution in [0.15, 0.2) is 6.20 Å². The SMILES string of the molecule is FCc1cnc(I)c(C(F)(F)F)c1OC(F)(F)F. The molecule has 1 rings (SSSR count). The van der Waals surface area contributed by atoms with Crippen molar-refractivity contribution in [1.82, 2.24) is 4.98 Å². The summed E-state index contributed by atoms with van der Waals surface area (Å²) in [4.78, 5) is 3.19. The highest BCUT2D eigenvalue weighted by molar-refractivity contribution is 14.1. The lowest BCUT2D eigenvalue weighted by Crippen LogP contribution is -2.22. The molecule has 0 atom stereocenters. The first-order valence-electron chi connectivity index (χ1n) is 4.12. The molecule has 0 aliphatic carbocycles. The Bertz CT molecular complexity index is 442. The standard InChI is InChI=1S/C8H3F7INO/c9-1-3-2-17-6(16)4(7(10,11)12)5(3)18-8(13,14)15/h2H,1H2. The first kappa shape index (κ1) is 15.2. The predicted octanol–water partition coefficient (Wildman–Crippen LogP) is 4.07. The van der Waals surface area contributed by atoms with Crippen molar-refractivity contribution in [1.29, 1.82) is 0 Å². The minimum atomic E-state index is -5.35. The molecule has 18 heavy (non-hydrogen) atoms. The maximum Gasteiger partial charge on any atom is 0.573 e. The third kappa shape index (κ3) is 3.59. The molecule has 0 saturated heterocycles. The van der Waals surface area contributed by atoms with E-state index in [9.17, 15) is 30.7 Å². The summed E-state index contributed by atoms with van der Waals surface area (Å²) in [5, 5.41) is 0. The van der Waals surface area contributed by atoms with Gasteiger partial charge in [0.15, 0.2) is 5.75 Å². The molecule has 2 nitrogen and oxygen atoms in total. The zero-order chi connectivity index (χ0) is 14.1. The van der Waals surface area contributed by atoms with E-state index >= 15 is 0 Å². The van der Waals surface area contributed by atoms with Crippen LogP contribution in [-0.4, -0.2) is 11.3 Å². The van der Waals surface area contributed by atoms with Crippen LogP contribution in [0, 0.1) is 3.70 Å². The molecular weight excluding hydrogens is 386 g/mol. The largest absolute Gasteiger partial charge is 0.573 e. The van der Waals surface area contributed by atoms with Crippen LogP contribution >= 0.6 is 22.6 Å². The fraction of sp³-hybridized carbons (Fsp3) is 0.375. The smallest absolute Gasteiger partial charge is 0.405 e. The monoisotopic (exact) mass is 389 g/mol. The second-order valence-electron chi connectivity index (χ2n) is 2.96. The van der Waals surface area contributed by atoms with Crippen LogP contribution in [0.5, 0.6) is 5.75 Å². The van der Waals surface area contributed by atoms with Crippen LogP contribution in [0.3, 0.4) is 0 Å². The van der Waals surface area contributed by atoms with Crippen molar-refractivity contribution in [3.05, 3.63) is 21.0 Å². The molecular formula is C8H3F7INO. The number of rotatable bonds is 2. The number of halogens is 8. The quantitative estimate of drug-likeness (QED) is 0.432. The van der Waals surface area contributed by atoms with Crippen LogP contribution in [0.1, 0.15) is 11.1 Å². The minimum Gasteiger partial charge on any atom is -0.405 e. The van der Waals surface area contributed by atoms with Crippen molar-refractivity contribution in [2.75, 3.05) is 0 Å². The van der Waals surface area contributed by atoms with Crippen LogP contribution in [0.4, 0.5) is 30.7 Å². The molecule has 0 aliphatic heterocycles. The molecule has 0 N–H and O–H groups in total. The fourth-order valence-corrected chi connectivity index (χ4v) is 1.78. The van der Waals surface area contributed by atoms with E-state index in [1.807, 2.05) is 0 Å². The molecule has 0 radical (unpaired) electrons. The van der Waals surface area contributed by atoms with Crippen molar-refractivity contribution < 1.29 is 35.5 Å². The third-order valence-electron chi connectivity index (χ3n) is 1.70. The summed E-state index contributed by atoms with van der Waals surface area (Å²) in [6.07, 6.45) is -9.91. The number of nitrogens with zero attached hydrogens (tertiary/aromatic N) is 1. The molecule has 0 spiro atoms. The molecule has 0 fully saturated rings. The van der Waals surface area contributed by atoms with Crippen LogP contribution in [-0.2, 0) is 12.9 Å². The number of pyridine rings is 1. The second kappa shape index (κ2) is 5.05. The van der Waals surface area contributed by atoms with E-state index in [4.69, 9.17) is 0 Å². The highest BCUT2D eigenvalue weighted by atomic mass is 127. The van der Waals surface area contributed by atoms with Crippen molar-refractivity contribution in [2.24, 2.45) is 0 Å². The Morgan fingerprint density at radius 1 is 1.17 bits per heavy atom. The Morgan fingerprint density at radius 2 is 1.72 bits per heavy atom. The number of aromatic nitrogens is 1. The molecule has 1 heterocycles. The van der Waals surface area contributed by atoms with Gasteiger partial charge in [-0.2, -0.15) is 13.2 Å². The van der Waals surface area contributed by atoms with E-state index < -0.39 is 39.8 Å². The average molecular weight is 389 g/mol. The Balaban J connectivity index is 3.47. The average Bonchev–Trinajstić information content (AvgIpc) is 2.13. The lowest BCUT2D eigenvalue weighted by atomic mass is 10.2. The maximum atomic E-state index is 12.6. The Morgan fingerprint density at radius 3 is 2.11 bits per heavy atom. The first-order valence-corrected chi connectivity index (χ1v) is 5.20. The lowest BCUT2D eigenvalue weighted by molar-refractivity contribution is -0.276. The maximum absolute atomic E-state index is 12.6. The summed E-state index contributed by atoms with van der Waals surface area (Å²) in [6.45, 7) is -1.56. The van der Waals surface area contributed by atoms with Gasteiger partial charge in [0.25, 0.3) is 0 Å². The van der Waals surface area contributed by atoms with Crippen molar-refractivity contribution in [3.8, 4) is 5.75 Å². The lowest BCUT2D eigenvalue weighted by Gasteiger charge is -2.18. The molecule has 0 aliphatic rings. The van der Waals surface area contributed by atoms with Gasteiger partial charge >= 0.3 is 12.5 Å². The number of ether oxygens (including phenoxy) is 1. The highest BCUT2D eigenvalue weighted by Gasteiger charge is 2.43. The van der Waals surface area contributed by atoms with Gasteiger partial charge in [-0.15, -0.1) is 13.2 Å². The number of hydrogen-bond acceptors (Lipinski definition) is 2. The zero-order valence-corrected chi connectivity index (χ0v) is 10.3. The van der Waals surface area contributed by atoms with Gasteiger partial charge in [-0.05, 0) is 22.6 Å². The van der Waals surface area contributed by atoms with Gasteiger partial charge in [-0.3, -0.25) is 0 Å². The summed E-state index contributed by atoms with van der Waals surface area (Å²) in [5.41, 5.74) is -2.66. The van der Waals surface area contributed by atoms with Gasteiger partial charge in [0.05, 0.1) is 0 Å². The van der Waals surface area contributed by atoms with Crippen molar-refractivity contribution >= 4 is 22.6 Å². The first-order chi connectivity index (χ1) is 8.06. The third-order valence-corrected chi connectivity index (χ3v) is 2.52. The topological polar surface area (TPSA) is 22.1 Å². The van der Waals surface area contributed by atoms with Crippen molar-refractivity contribution in [3.63, 3.8) is 0 Å².